The summed E-state index contributed by atoms with van der Waals surface area (Å²) in [4.78, 5) is 35.1. The molecule has 9 nitrogen and oxygen atoms in total. The van der Waals surface area contributed by atoms with Gasteiger partial charge in [-0.05, 0) is 66.8 Å². The summed E-state index contributed by atoms with van der Waals surface area (Å²) in [6, 6.07) is 11.8. The van der Waals surface area contributed by atoms with Gasteiger partial charge in [0, 0.05) is 29.9 Å². The molecule has 1 heterocycles. The molecule has 1 aliphatic rings. The van der Waals surface area contributed by atoms with Crippen LogP contribution in [0.15, 0.2) is 53.4 Å². The van der Waals surface area contributed by atoms with Gasteiger partial charge < -0.3 is 15.7 Å². The van der Waals surface area contributed by atoms with E-state index in [2.05, 4.69) is 10.6 Å². The Labute approximate surface area is 192 Å². The summed E-state index contributed by atoms with van der Waals surface area (Å²) < 4.78 is 27.5. The molecule has 0 spiro atoms. The van der Waals surface area contributed by atoms with Gasteiger partial charge in [-0.25, -0.2) is 8.42 Å². The summed E-state index contributed by atoms with van der Waals surface area (Å²) in [5.74, 6) is -1.52. The summed E-state index contributed by atoms with van der Waals surface area (Å²) in [6.45, 7) is 4.57. The Bertz CT molecular complexity index is 1120. The van der Waals surface area contributed by atoms with Crippen LogP contribution in [0.25, 0.3) is 0 Å². The zero-order chi connectivity index (χ0) is 24.2. The molecule has 0 aliphatic carbocycles. The number of carbonyl (C=O) groups is 3. The van der Waals surface area contributed by atoms with E-state index in [1.165, 1.54) is 52.8 Å². The number of hydrogen-bond acceptors (Lipinski definition) is 5. The van der Waals surface area contributed by atoms with Gasteiger partial charge in [0.1, 0.15) is 6.54 Å². The van der Waals surface area contributed by atoms with Gasteiger partial charge in [0.2, 0.25) is 10.0 Å². The molecule has 2 atom stereocenters. The number of piperidine rings is 1. The molecule has 3 N–H and O–H groups in total. The van der Waals surface area contributed by atoms with Gasteiger partial charge in [0.15, 0.2) is 0 Å². The van der Waals surface area contributed by atoms with Gasteiger partial charge in [0.05, 0.1) is 4.90 Å². The number of hydrogen-bond donors (Lipinski definition) is 3. The average Bonchev–Trinajstić information content (AvgIpc) is 2.77. The molecule has 0 radical (unpaired) electrons. The van der Waals surface area contributed by atoms with E-state index in [0.717, 1.165) is 6.42 Å². The summed E-state index contributed by atoms with van der Waals surface area (Å²) in [5, 5.41) is 13.5. The molecule has 1 saturated heterocycles. The maximum atomic E-state index is 13.0. The highest BCUT2D eigenvalue weighted by atomic mass is 32.2. The number of nitrogens with one attached hydrogen (secondary N) is 2. The lowest BCUT2D eigenvalue weighted by Crippen LogP contribution is -2.42. The monoisotopic (exact) mass is 473 g/mol. The van der Waals surface area contributed by atoms with E-state index in [1.54, 1.807) is 0 Å². The van der Waals surface area contributed by atoms with E-state index in [-0.39, 0.29) is 16.0 Å². The van der Waals surface area contributed by atoms with Crippen LogP contribution in [0.1, 0.15) is 41.0 Å². The fourth-order valence-electron chi connectivity index (χ4n) is 3.90. The molecule has 2 amide bonds. The van der Waals surface area contributed by atoms with Crippen molar-refractivity contribution in [3.63, 3.8) is 0 Å². The van der Waals surface area contributed by atoms with Crippen molar-refractivity contribution < 1.29 is 27.9 Å². The number of sulfonamides is 1. The van der Waals surface area contributed by atoms with Crippen LogP contribution in [0.5, 0.6) is 0 Å². The number of nitrogens with zero attached hydrogens (tertiary/aromatic N) is 1. The minimum Gasteiger partial charge on any atom is -0.480 e. The van der Waals surface area contributed by atoms with Gasteiger partial charge >= 0.3 is 5.97 Å². The minimum absolute atomic E-state index is 0.150. The van der Waals surface area contributed by atoms with E-state index in [4.69, 9.17) is 5.11 Å². The lowest BCUT2D eigenvalue weighted by Gasteiger charge is -2.34. The van der Waals surface area contributed by atoms with Crippen LogP contribution in [-0.2, 0) is 14.8 Å². The minimum atomic E-state index is -3.63. The zero-order valence-electron chi connectivity index (χ0n) is 18.4. The third kappa shape index (κ3) is 6.17. The van der Waals surface area contributed by atoms with Crippen LogP contribution in [0, 0.1) is 11.8 Å². The second-order valence-corrected chi connectivity index (χ2v) is 10.3. The highest BCUT2D eigenvalue weighted by Gasteiger charge is 2.31. The molecule has 1 aliphatic heterocycles. The van der Waals surface area contributed by atoms with Gasteiger partial charge in [-0.1, -0.05) is 13.8 Å². The van der Waals surface area contributed by atoms with Gasteiger partial charge in [-0.3, -0.25) is 14.4 Å². The fourth-order valence-corrected chi connectivity index (χ4v) is 5.58. The first-order valence-corrected chi connectivity index (χ1v) is 12.0. The number of carboxylic acid groups (broad SMARTS) is 1. The topological polar surface area (TPSA) is 133 Å². The molecule has 33 heavy (non-hydrogen) atoms. The van der Waals surface area contributed by atoms with Crippen molar-refractivity contribution >= 4 is 33.5 Å². The first-order valence-electron chi connectivity index (χ1n) is 10.6. The van der Waals surface area contributed by atoms with Crippen molar-refractivity contribution in [3.05, 3.63) is 59.7 Å². The number of rotatable bonds is 7. The molecule has 2 aromatic rings. The lowest BCUT2D eigenvalue weighted by molar-refractivity contribution is -0.135. The highest BCUT2D eigenvalue weighted by Crippen LogP contribution is 2.27. The number of carbonyl (C=O) groups excluding carboxylic acids is 2. The van der Waals surface area contributed by atoms with Crippen molar-refractivity contribution in [1.29, 1.82) is 0 Å². The van der Waals surface area contributed by atoms with Crippen LogP contribution in [-0.4, -0.2) is 55.2 Å². The summed E-state index contributed by atoms with van der Waals surface area (Å²) in [5.41, 5.74) is 0.977. The Morgan fingerprint density at radius 1 is 0.909 bits per heavy atom. The Kier molecular flexibility index (Phi) is 7.50. The molecule has 0 bridgehead atoms. The van der Waals surface area contributed by atoms with Crippen LogP contribution in [0.2, 0.25) is 0 Å². The molecule has 3 rings (SSSR count). The third-order valence-electron chi connectivity index (χ3n) is 5.39. The Hall–Kier alpha value is -3.24. The van der Waals surface area contributed by atoms with Gasteiger partial charge in [-0.2, -0.15) is 4.31 Å². The SMILES string of the molecule is C[C@H]1C[C@H](C)CN(S(=O)(=O)c2ccc(C(=O)Nc3ccc(C(=O)NCC(=O)O)cc3)cc2)C1. The quantitative estimate of drug-likeness (QED) is 0.566. The standard InChI is InChI=1S/C23H27N3O6S/c1-15-11-16(2)14-26(13-15)33(31,32)20-9-5-18(6-10-20)23(30)25-19-7-3-17(4-8-19)22(29)24-12-21(27)28/h3-10,15-16H,11-14H2,1-2H3,(H,24,29)(H,25,30)(H,27,28)/t15-,16-/m0/s1. The molecule has 10 heteroatoms. The van der Waals surface area contributed by atoms with Crippen LogP contribution < -0.4 is 10.6 Å². The van der Waals surface area contributed by atoms with Crippen LogP contribution in [0.3, 0.4) is 0 Å². The Balaban J connectivity index is 1.64. The van der Waals surface area contributed by atoms with Crippen molar-refractivity contribution in [1.82, 2.24) is 9.62 Å². The molecular formula is C23H27N3O6S. The van der Waals surface area contributed by atoms with Crippen LogP contribution in [0.4, 0.5) is 5.69 Å². The van der Waals surface area contributed by atoms with E-state index in [1.807, 2.05) is 13.8 Å². The number of anilines is 1. The van der Waals surface area contributed by atoms with Gasteiger partial charge in [0.25, 0.3) is 11.8 Å². The average molecular weight is 474 g/mol. The highest BCUT2D eigenvalue weighted by molar-refractivity contribution is 7.89. The number of benzene rings is 2. The molecule has 0 unspecified atom stereocenters. The maximum Gasteiger partial charge on any atom is 0.322 e. The molecule has 1 fully saturated rings. The summed E-state index contributed by atoms with van der Waals surface area (Å²) >= 11 is 0. The molecule has 0 saturated carbocycles. The molecule has 0 aromatic heterocycles. The second-order valence-electron chi connectivity index (χ2n) is 8.40. The van der Waals surface area contributed by atoms with E-state index >= 15 is 0 Å². The normalized spacial score (nSPS) is 19.0. The number of amides is 2. The fraction of sp³-hybridized carbons (Fsp3) is 0.348. The smallest absolute Gasteiger partial charge is 0.322 e. The van der Waals surface area contributed by atoms with E-state index in [0.29, 0.717) is 30.6 Å². The Morgan fingerprint density at radius 2 is 1.42 bits per heavy atom. The number of carboxylic acids is 1. The third-order valence-corrected chi connectivity index (χ3v) is 7.24. The Morgan fingerprint density at radius 3 is 1.97 bits per heavy atom. The number of aliphatic carboxylic acids is 1. The second kappa shape index (κ2) is 10.1. The lowest BCUT2D eigenvalue weighted by atomic mass is 9.94. The first-order chi connectivity index (χ1) is 15.6. The van der Waals surface area contributed by atoms with E-state index < -0.39 is 34.4 Å². The predicted octanol–water partition coefficient (Wildman–Crippen LogP) is 2.42. The predicted molar refractivity (Wildman–Crippen MR) is 123 cm³/mol. The van der Waals surface area contributed by atoms with Crippen molar-refractivity contribution in [2.45, 2.75) is 25.2 Å². The summed E-state index contributed by atoms with van der Waals surface area (Å²) in [6.07, 6.45) is 0.999. The largest absolute Gasteiger partial charge is 0.480 e. The molecular weight excluding hydrogens is 446 g/mol. The summed E-state index contributed by atoms with van der Waals surface area (Å²) in [7, 11) is -3.63. The van der Waals surface area contributed by atoms with Crippen LogP contribution >= 0.6 is 0 Å². The van der Waals surface area contributed by atoms with Crippen molar-refractivity contribution in [3.8, 4) is 0 Å². The van der Waals surface area contributed by atoms with Crippen molar-refractivity contribution in [2.24, 2.45) is 11.8 Å². The van der Waals surface area contributed by atoms with E-state index in [9.17, 15) is 22.8 Å². The zero-order valence-corrected chi connectivity index (χ0v) is 19.3. The molecule has 176 valence electrons. The van der Waals surface area contributed by atoms with Gasteiger partial charge in [-0.15, -0.1) is 0 Å². The first kappa shape index (κ1) is 24.4. The van der Waals surface area contributed by atoms with Crippen molar-refractivity contribution in [2.75, 3.05) is 25.0 Å². The maximum absolute atomic E-state index is 13.0. The molecule has 2 aromatic carbocycles.